The number of unbranched alkanes of at least 4 members (excludes halogenated alkanes) is 2. The Bertz CT molecular complexity index is 2540. The molecule has 3 N–H and O–H groups in total. The zero-order valence-corrected chi connectivity index (χ0v) is 40.9. The highest BCUT2D eigenvalue weighted by Crippen LogP contribution is 2.62. The van der Waals surface area contributed by atoms with Gasteiger partial charge in [0.25, 0.3) is 5.69 Å². The molecule has 0 aromatic heterocycles. The number of nitrogens with zero attached hydrogens (tertiary/aromatic N) is 3. The zero-order chi connectivity index (χ0) is 51.0. The van der Waals surface area contributed by atoms with E-state index >= 15 is 0 Å². The van der Waals surface area contributed by atoms with E-state index in [9.17, 15) is 29.9 Å². The fourth-order valence-corrected chi connectivity index (χ4v) is 10.0. The van der Waals surface area contributed by atoms with Crippen molar-refractivity contribution >= 4 is 29.3 Å². The molecule has 0 saturated heterocycles. The van der Waals surface area contributed by atoms with Crippen LogP contribution in [0.1, 0.15) is 67.6 Å². The number of benzene rings is 4. The van der Waals surface area contributed by atoms with Crippen molar-refractivity contribution in [1.82, 2.24) is 4.90 Å². The summed E-state index contributed by atoms with van der Waals surface area (Å²) < 4.78 is 42.7. The number of amides is 2. The molecule has 0 radical (unpaired) electrons. The van der Waals surface area contributed by atoms with Gasteiger partial charge in [0.05, 0.1) is 56.3 Å². The highest BCUT2D eigenvalue weighted by molar-refractivity contribution is 6.03. The Morgan fingerprint density at radius 2 is 1.65 bits per heavy atom. The third-order valence-electron chi connectivity index (χ3n) is 13.4. The lowest BCUT2D eigenvalue weighted by Gasteiger charge is -2.59. The van der Waals surface area contributed by atoms with Crippen molar-refractivity contribution < 1.29 is 62.7 Å². The van der Waals surface area contributed by atoms with Gasteiger partial charge in [-0.3, -0.25) is 15.4 Å². The summed E-state index contributed by atoms with van der Waals surface area (Å²) in [5.41, 5.74) is 3.96. The minimum atomic E-state index is -1.58. The van der Waals surface area contributed by atoms with Gasteiger partial charge in [0.2, 0.25) is 5.79 Å². The van der Waals surface area contributed by atoms with Crippen molar-refractivity contribution in [2.24, 2.45) is 22.9 Å². The molecule has 18 nitrogen and oxygen atoms in total. The number of anilines is 1. The van der Waals surface area contributed by atoms with E-state index in [0.29, 0.717) is 79.3 Å². The Kier molecular flexibility index (Phi) is 18.6. The third kappa shape index (κ3) is 12.5. The van der Waals surface area contributed by atoms with E-state index in [4.69, 9.17) is 43.2 Å². The molecule has 1 saturated carbocycles. The average molecular weight is 993 g/mol. The van der Waals surface area contributed by atoms with Crippen LogP contribution in [-0.2, 0) is 32.3 Å². The molecule has 4 aromatic carbocycles. The van der Waals surface area contributed by atoms with Gasteiger partial charge in [-0.25, -0.2) is 9.59 Å². The maximum atomic E-state index is 14.3. The number of rotatable bonds is 25. The quantitative estimate of drug-likeness (QED) is 0.0244. The second-order valence-electron chi connectivity index (χ2n) is 17.8. The number of nitro benzene ring substituents is 1. The predicted octanol–water partition coefficient (Wildman–Crippen LogP) is 9.34. The highest BCUT2D eigenvalue weighted by atomic mass is 16.7. The molecular formula is C54H64N4O14. The van der Waals surface area contributed by atoms with Crippen LogP contribution in [0.15, 0.2) is 120 Å². The number of non-ortho nitro benzene ring substituents is 1. The fraction of sp³-hybridized carbons (Fsp3) is 0.426. The molecular weight excluding hydrogens is 929 g/mol. The first kappa shape index (κ1) is 52.8. The molecule has 0 bridgehead atoms. The second-order valence-corrected chi connectivity index (χ2v) is 17.8. The van der Waals surface area contributed by atoms with E-state index in [1.807, 2.05) is 30.3 Å². The maximum absolute atomic E-state index is 14.3. The summed E-state index contributed by atoms with van der Waals surface area (Å²) in [4.78, 5) is 46.4. The van der Waals surface area contributed by atoms with Gasteiger partial charge in [-0.1, -0.05) is 60.5 Å². The molecule has 0 spiro atoms. The Labute approximate surface area is 419 Å². The summed E-state index contributed by atoms with van der Waals surface area (Å²) in [5, 5.41) is 38.9. The Balaban J connectivity index is 1.31. The first-order valence-corrected chi connectivity index (χ1v) is 24.2. The normalized spacial score (nSPS) is 21.2. The lowest BCUT2D eigenvalue weighted by Crippen LogP contribution is -2.69. The maximum Gasteiger partial charge on any atom is 0.417 e. The summed E-state index contributed by atoms with van der Waals surface area (Å²) in [6, 6.07) is 24.9. The zero-order valence-electron chi connectivity index (χ0n) is 40.9. The SMILES string of the molecule is C=CCOC12Oc3ccc(OC(=O)Nc4ccc(OC)cc4OC)cc3C3C(CCCCO)C(CCCCO)C=C(C(=NOCc4ccc([N+](=O)[O-])cc4)CC1N(C)C(=O)OCCOCc1ccccc1)C32. The fourth-order valence-electron chi connectivity index (χ4n) is 10.0. The molecule has 1 aliphatic heterocycles. The van der Waals surface area contributed by atoms with Gasteiger partial charge in [-0.05, 0) is 96.7 Å². The molecule has 1 heterocycles. The van der Waals surface area contributed by atoms with Gasteiger partial charge in [0.1, 0.15) is 42.3 Å². The average Bonchev–Trinajstić information content (AvgIpc) is 3.39. The van der Waals surface area contributed by atoms with Crippen molar-refractivity contribution in [1.29, 1.82) is 0 Å². The number of hydrogen-bond acceptors (Lipinski definition) is 15. The molecule has 384 valence electrons. The number of methoxy groups -OCH3 is 2. The van der Waals surface area contributed by atoms with Gasteiger partial charge < -0.3 is 53.1 Å². The van der Waals surface area contributed by atoms with Gasteiger partial charge in [-0.15, -0.1) is 6.58 Å². The highest BCUT2D eigenvalue weighted by Gasteiger charge is 2.65. The second kappa shape index (κ2) is 25.4. The number of aliphatic hydroxyl groups is 2. The van der Waals surface area contributed by atoms with Crippen molar-refractivity contribution in [2.45, 2.75) is 75.9 Å². The molecule has 2 amide bonds. The van der Waals surface area contributed by atoms with E-state index in [0.717, 1.165) is 16.7 Å². The van der Waals surface area contributed by atoms with Gasteiger partial charge in [0.15, 0.2) is 0 Å². The van der Waals surface area contributed by atoms with Crippen LogP contribution in [-0.4, -0.2) is 104 Å². The Morgan fingerprint density at radius 1 is 0.917 bits per heavy atom. The number of fused-ring (bicyclic) bond motifs is 2. The number of allylic oxidation sites excluding steroid dienone is 1. The summed E-state index contributed by atoms with van der Waals surface area (Å²) in [5.74, 6) is -1.30. The molecule has 18 heteroatoms. The van der Waals surface area contributed by atoms with E-state index < -0.39 is 40.8 Å². The van der Waals surface area contributed by atoms with Crippen molar-refractivity contribution in [3.63, 3.8) is 0 Å². The van der Waals surface area contributed by atoms with Crippen LogP contribution in [0.25, 0.3) is 0 Å². The number of carbonyl (C=O) groups is 2. The van der Waals surface area contributed by atoms with E-state index in [1.54, 1.807) is 61.7 Å². The predicted molar refractivity (Wildman–Crippen MR) is 267 cm³/mol. The summed E-state index contributed by atoms with van der Waals surface area (Å²) >= 11 is 0. The molecule has 72 heavy (non-hydrogen) atoms. The summed E-state index contributed by atoms with van der Waals surface area (Å²) in [7, 11) is 4.64. The monoisotopic (exact) mass is 992 g/mol. The van der Waals surface area contributed by atoms with Crippen molar-refractivity contribution in [3.8, 4) is 23.0 Å². The first-order chi connectivity index (χ1) is 35.0. The standard InChI is InChI=1S/C54H64N4O14/c1-5-27-69-54-49(57(2)53(62)68-29-28-67-34-36-13-7-6-8-14-36)33-46(56-70-35-37-17-19-39(20-18-37)58(63)64)43-30-38(15-9-11-25-59)42(16-10-12-26-60)50(51(43)54)44-31-41(22-24-47(44)72-54)71-52(61)55-45-23-21-40(65-3)32-48(45)66-4/h5-8,13-14,17-24,30-32,38,42,49-51,59-60H,1,9-12,15-16,25-29,33-35H2,2-4H3,(H,55,61). The lowest BCUT2D eigenvalue weighted by molar-refractivity contribution is -0.384. The van der Waals surface area contributed by atoms with Crippen LogP contribution in [0.2, 0.25) is 0 Å². The third-order valence-corrected chi connectivity index (χ3v) is 13.4. The van der Waals surface area contributed by atoms with Crippen LogP contribution in [0, 0.1) is 27.9 Å². The molecule has 2 aliphatic carbocycles. The first-order valence-electron chi connectivity index (χ1n) is 24.2. The minimum absolute atomic E-state index is 0.00439. The molecule has 3 aliphatic rings. The molecule has 6 atom stereocenters. The minimum Gasteiger partial charge on any atom is -0.497 e. The van der Waals surface area contributed by atoms with Crippen molar-refractivity contribution in [3.05, 3.63) is 142 Å². The number of aliphatic hydroxyl groups excluding tert-OH is 2. The van der Waals surface area contributed by atoms with E-state index in [2.05, 4.69) is 18.0 Å². The smallest absolute Gasteiger partial charge is 0.417 e. The van der Waals surface area contributed by atoms with E-state index in [-0.39, 0.29) is 69.3 Å². The summed E-state index contributed by atoms with van der Waals surface area (Å²) in [6.07, 6.45) is 6.40. The van der Waals surface area contributed by atoms with Crippen LogP contribution in [0.3, 0.4) is 0 Å². The molecule has 4 aromatic rings. The van der Waals surface area contributed by atoms with Gasteiger partial charge in [-0.2, -0.15) is 0 Å². The topological polar surface area (TPSA) is 219 Å². The Hall–Kier alpha value is -6.99. The Morgan fingerprint density at radius 3 is 2.36 bits per heavy atom. The van der Waals surface area contributed by atoms with Crippen LogP contribution < -0.4 is 24.3 Å². The molecule has 1 fully saturated rings. The number of hydrogen-bond donors (Lipinski definition) is 3. The van der Waals surface area contributed by atoms with Gasteiger partial charge in [0, 0.05) is 56.4 Å². The number of likely N-dealkylation sites (N-methyl/N-ethyl adjacent to an activating group) is 1. The molecule has 6 unspecified atom stereocenters. The van der Waals surface area contributed by atoms with Crippen molar-refractivity contribution in [2.75, 3.05) is 59.6 Å². The van der Waals surface area contributed by atoms with E-state index in [1.165, 1.54) is 31.3 Å². The number of carbonyl (C=O) groups excluding carboxylic acids is 2. The summed E-state index contributed by atoms with van der Waals surface area (Å²) in [6.45, 7) is 4.48. The number of ether oxygens (including phenoxy) is 7. The lowest BCUT2D eigenvalue weighted by atomic mass is 9.55. The van der Waals surface area contributed by atoms with Crippen LogP contribution in [0.5, 0.6) is 23.0 Å². The van der Waals surface area contributed by atoms with Crippen LogP contribution in [0.4, 0.5) is 21.0 Å². The van der Waals surface area contributed by atoms with Gasteiger partial charge >= 0.3 is 12.2 Å². The molecule has 7 rings (SSSR count). The number of oxime groups is 1. The number of nitrogens with one attached hydrogen (secondary N) is 1. The number of nitro groups is 1. The largest absolute Gasteiger partial charge is 0.497 e. The van der Waals surface area contributed by atoms with Crippen LogP contribution >= 0.6 is 0 Å².